The van der Waals surface area contributed by atoms with Crippen molar-refractivity contribution in [3.05, 3.63) is 102 Å². The summed E-state index contributed by atoms with van der Waals surface area (Å²) in [5.74, 6) is 1.06. The molecule has 34 heavy (non-hydrogen) atoms. The summed E-state index contributed by atoms with van der Waals surface area (Å²) < 4.78 is 6.21. The molecule has 0 radical (unpaired) electrons. The predicted molar refractivity (Wildman–Crippen MR) is 138 cm³/mol. The van der Waals surface area contributed by atoms with Gasteiger partial charge < -0.3 is 4.42 Å². The fourth-order valence-corrected chi connectivity index (χ4v) is 4.79. The maximum Gasteiger partial charge on any atom is 0.226 e. The van der Waals surface area contributed by atoms with Crippen LogP contribution in [-0.2, 0) is 0 Å². The smallest absolute Gasteiger partial charge is 0.226 e. The van der Waals surface area contributed by atoms with E-state index >= 15 is 0 Å². The van der Waals surface area contributed by atoms with E-state index in [0.29, 0.717) is 11.6 Å². The van der Waals surface area contributed by atoms with Gasteiger partial charge in [-0.15, -0.1) is 0 Å². The Morgan fingerprint density at radius 2 is 1.26 bits per heavy atom. The van der Waals surface area contributed by atoms with E-state index in [0.717, 1.165) is 54.6 Å². The highest BCUT2D eigenvalue weighted by molar-refractivity contribution is 6.28. The van der Waals surface area contributed by atoms with Gasteiger partial charge in [0.15, 0.2) is 11.6 Å². The Hall–Kier alpha value is -4.28. The monoisotopic (exact) mass is 457 g/mol. The molecule has 0 bridgehead atoms. The molecule has 160 valence electrons. The molecule has 5 aromatic carbocycles. The third-order valence-electron chi connectivity index (χ3n) is 6.22. The molecule has 0 aliphatic carbocycles. The Morgan fingerprint density at radius 3 is 2.09 bits per heavy atom. The summed E-state index contributed by atoms with van der Waals surface area (Å²) in [5.41, 5.74) is 3.36. The van der Waals surface area contributed by atoms with Gasteiger partial charge in [0.05, 0.1) is 0 Å². The van der Waals surface area contributed by atoms with Crippen molar-refractivity contribution in [2.24, 2.45) is 0 Å². The van der Waals surface area contributed by atoms with E-state index in [1.54, 1.807) is 0 Å². The van der Waals surface area contributed by atoms with Gasteiger partial charge in [-0.05, 0) is 57.4 Å². The number of hydrogen-bond acceptors (Lipinski definition) is 4. The molecule has 5 heteroatoms. The van der Waals surface area contributed by atoms with Crippen molar-refractivity contribution in [3.8, 4) is 22.8 Å². The number of fused-ring (bicyclic) bond motifs is 5. The molecular formula is C29H16ClN3O. The molecular weight excluding hydrogens is 442 g/mol. The molecule has 0 fully saturated rings. The molecule has 4 nitrogen and oxygen atoms in total. The van der Waals surface area contributed by atoms with Crippen LogP contribution in [0.3, 0.4) is 0 Å². The summed E-state index contributed by atoms with van der Waals surface area (Å²) in [6.45, 7) is 0. The van der Waals surface area contributed by atoms with E-state index in [9.17, 15) is 0 Å². The molecule has 0 N–H and O–H groups in total. The molecule has 0 atom stereocenters. The maximum absolute atomic E-state index is 6.40. The van der Waals surface area contributed by atoms with Crippen molar-refractivity contribution in [3.63, 3.8) is 0 Å². The second kappa shape index (κ2) is 7.37. The average molecular weight is 458 g/mol. The maximum atomic E-state index is 6.40. The SMILES string of the molecule is Clc1nc(-c2ccc3ccccc3c2)nc(-c2cccc3oc4cc5ccccc5cc4c23)n1. The van der Waals surface area contributed by atoms with Crippen LogP contribution < -0.4 is 0 Å². The summed E-state index contributed by atoms with van der Waals surface area (Å²) >= 11 is 6.40. The molecule has 0 amide bonds. The van der Waals surface area contributed by atoms with Crippen LogP contribution in [0, 0.1) is 0 Å². The third kappa shape index (κ3) is 3.04. The lowest BCUT2D eigenvalue weighted by atomic mass is 10.0. The van der Waals surface area contributed by atoms with E-state index in [1.807, 2.05) is 48.5 Å². The van der Waals surface area contributed by atoms with Gasteiger partial charge in [0.2, 0.25) is 5.28 Å². The summed E-state index contributed by atoms with van der Waals surface area (Å²) in [5, 5.41) is 6.71. The van der Waals surface area contributed by atoms with Gasteiger partial charge in [0, 0.05) is 21.9 Å². The molecule has 0 aliphatic heterocycles. The van der Waals surface area contributed by atoms with Crippen LogP contribution in [0.1, 0.15) is 0 Å². The average Bonchev–Trinajstić information content (AvgIpc) is 3.24. The second-order valence-electron chi connectivity index (χ2n) is 8.29. The van der Waals surface area contributed by atoms with Gasteiger partial charge in [-0.2, -0.15) is 9.97 Å². The fourth-order valence-electron chi connectivity index (χ4n) is 4.63. The van der Waals surface area contributed by atoms with Crippen molar-refractivity contribution in [2.75, 3.05) is 0 Å². The Balaban J connectivity index is 1.47. The molecule has 0 aliphatic rings. The zero-order chi connectivity index (χ0) is 22.6. The summed E-state index contributed by atoms with van der Waals surface area (Å²) in [7, 11) is 0. The van der Waals surface area contributed by atoms with Gasteiger partial charge in [0.25, 0.3) is 0 Å². The van der Waals surface area contributed by atoms with Crippen LogP contribution in [0.25, 0.3) is 66.3 Å². The Labute approximate surface area is 199 Å². The highest BCUT2D eigenvalue weighted by atomic mass is 35.5. The highest BCUT2D eigenvalue weighted by Gasteiger charge is 2.17. The zero-order valence-electron chi connectivity index (χ0n) is 17.9. The van der Waals surface area contributed by atoms with Crippen LogP contribution in [0.4, 0.5) is 0 Å². The predicted octanol–water partition coefficient (Wildman–Crippen LogP) is 8.06. The number of furan rings is 1. The van der Waals surface area contributed by atoms with Gasteiger partial charge in [-0.3, -0.25) is 0 Å². The molecule has 7 aromatic rings. The van der Waals surface area contributed by atoms with Crippen molar-refractivity contribution in [1.82, 2.24) is 15.0 Å². The molecule has 0 saturated carbocycles. The Bertz CT molecular complexity index is 1890. The topological polar surface area (TPSA) is 51.8 Å². The lowest BCUT2D eigenvalue weighted by molar-refractivity contribution is 0.669. The first-order chi connectivity index (χ1) is 16.7. The summed E-state index contributed by atoms with van der Waals surface area (Å²) in [6.07, 6.45) is 0. The van der Waals surface area contributed by atoms with E-state index in [1.165, 1.54) is 0 Å². The minimum Gasteiger partial charge on any atom is -0.456 e. The lowest BCUT2D eigenvalue weighted by Crippen LogP contribution is -1.97. The molecule has 0 saturated heterocycles. The van der Waals surface area contributed by atoms with Gasteiger partial charge in [-0.1, -0.05) is 72.8 Å². The lowest BCUT2D eigenvalue weighted by Gasteiger charge is -2.07. The van der Waals surface area contributed by atoms with E-state index in [-0.39, 0.29) is 5.28 Å². The Morgan fingerprint density at radius 1 is 0.559 bits per heavy atom. The second-order valence-corrected chi connectivity index (χ2v) is 8.63. The number of benzene rings is 5. The summed E-state index contributed by atoms with van der Waals surface area (Å²) in [6, 6.07) is 32.8. The molecule has 7 rings (SSSR count). The number of aromatic nitrogens is 3. The van der Waals surface area contributed by atoms with Crippen molar-refractivity contribution in [1.29, 1.82) is 0 Å². The molecule has 2 heterocycles. The number of rotatable bonds is 2. The number of nitrogens with zero attached hydrogens (tertiary/aromatic N) is 3. The first kappa shape index (κ1) is 19.2. The standard InChI is InChI=1S/C29H16ClN3O/c30-29-32-27(21-13-12-17-6-1-2-7-18(17)14-21)31-28(33-29)22-10-5-11-24-26(22)23-15-19-8-3-4-9-20(19)16-25(23)34-24/h1-16H. The molecule has 0 spiro atoms. The quantitative estimate of drug-likeness (QED) is 0.263. The van der Waals surface area contributed by atoms with Crippen LogP contribution in [0.15, 0.2) is 101 Å². The third-order valence-corrected chi connectivity index (χ3v) is 6.39. The van der Waals surface area contributed by atoms with Crippen LogP contribution in [-0.4, -0.2) is 15.0 Å². The molecule has 2 aromatic heterocycles. The molecule has 0 unspecified atom stereocenters. The van der Waals surface area contributed by atoms with Crippen molar-refractivity contribution >= 4 is 55.1 Å². The van der Waals surface area contributed by atoms with E-state index in [4.69, 9.17) is 21.0 Å². The fraction of sp³-hybridized carbons (Fsp3) is 0. The normalized spacial score (nSPS) is 11.7. The number of hydrogen-bond donors (Lipinski definition) is 0. The van der Waals surface area contributed by atoms with E-state index in [2.05, 4.69) is 58.5 Å². The van der Waals surface area contributed by atoms with Crippen molar-refractivity contribution in [2.45, 2.75) is 0 Å². The van der Waals surface area contributed by atoms with Crippen molar-refractivity contribution < 1.29 is 4.42 Å². The minimum absolute atomic E-state index is 0.156. The van der Waals surface area contributed by atoms with Gasteiger partial charge in [-0.25, -0.2) is 4.98 Å². The van der Waals surface area contributed by atoms with Gasteiger partial charge in [0.1, 0.15) is 11.2 Å². The van der Waals surface area contributed by atoms with Crippen LogP contribution in [0.5, 0.6) is 0 Å². The Kier molecular flexibility index (Phi) is 4.16. The van der Waals surface area contributed by atoms with Gasteiger partial charge >= 0.3 is 0 Å². The van der Waals surface area contributed by atoms with Crippen LogP contribution >= 0.6 is 11.6 Å². The minimum atomic E-state index is 0.156. The van der Waals surface area contributed by atoms with E-state index < -0.39 is 0 Å². The number of halogens is 1. The first-order valence-electron chi connectivity index (χ1n) is 11.0. The largest absolute Gasteiger partial charge is 0.456 e. The zero-order valence-corrected chi connectivity index (χ0v) is 18.6. The summed E-state index contributed by atoms with van der Waals surface area (Å²) in [4.78, 5) is 13.8. The highest BCUT2D eigenvalue weighted by Crippen LogP contribution is 2.38. The van der Waals surface area contributed by atoms with Crippen LogP contribution in [0.2, 0.25) is 5.28 Å². The first-order valence-corrected chi connectivity index (χ1v) is 11.4.